The van der Waals surface area contributed by atoms with Crippen molar-refractivity contribution < 1.29 is 13.6 Å². The molecule has 0 spiro atoms. The molecule has 1 N–H and O–H groups in total. The molecule has 1 fully saturated rings. The molecule has 0 bridgehead atoms. The Balaban J connectivity index is 1.63. The number of carbonyl (C=O) groups is 1. The van der Waals surface area contributed by atoms with Crippen LogP contribution in [0.1, 0.15) is 47.3 Å². The number of carbonyl (C=O) groups excluding carboxylic acids is 1. The summed E-state index contributed by atoms with van der Waals surface area (Å²) in [6.45, 7) is 0. The van der Waals surface area contributed by atoms with E-state index in [2.05, 4.69) is 15.3 Å². The Bertz CT molecular complexity index is 1040. The molecule has 2 heterocycles. The van der Waals surface area contributed by atoms with Crippen LogP contribution in [0.15, 0.2) is 48.7 Å². The van der Waals surface area contributed by atoms with E-state index in [4.69, 9.17) is 11.6 Å². The molecule has 1 amide bonds. The summed E-state index contributed by atoms with van der Waals surface area (Å²) in [7, 11) is 0. The number of nitrogens with one attached hydrogen (secondary N) is 1. The number of pyridine rings is 2. The highest BCUT2D eigenvalue weighted by Gasteiger charge is 2.33. The molecule has 30 heavy (non-hydrogen) atoms. The van der Waals surface area contributed by atoms with E-state index in [-0.39, 0.29) is 5.69 Å². The number of hydrogen-bond donors (Lipinski definition) is 1. The van der Waals surface area contributed by atoms with Gasteiger partial charge in [-0.05, 0) is 48.6 Å². The first-order chi connectivity index (χ1) is 14.5. The summed E-state index contributed by atoms with van der Waals surface area (Å²) in [4.78, 5) is 21.5. The molecule has 4 nitrogen and oxygen atoms in total. The van der Waals surface area contributed by atoms with Crippen molar-refractivity contribution in [3.05, 3.63) is 70.6 Å². The largest absolute Gasteiger partial charge is 0.347 e. The lowest BCUT2D eigenvalue weighted by atomic mass is 9.84. The first-order valence-electron chi connectivity index (χ1n) is 10.1. The maximum absolute atomic E-state index is 13.4. The van der Waals surface area contributed by atoms with E-state index in [0.717, 1.165) is 29.4 Å². The summed E-state index contributed by atoms with van der Waals surface area (Å²) >= 11 is 5.88. The maximum Gasteiger partial charge on any atom is 0.270 e. The lowest BCUT2D eigenvalue weighted by molar-refractivity contribution is 0.0344. The minimum Gasteiger partial charge on any atom is -0.347 e. The number of benzene rings is 1. The SMILES string of the molecule is O=C(N[C@@H]1CCCC[C@H]1C(F)F)c1cc(Cc2ccc(Cl)nc2)c2ccccc2n1. The van der Waals surface area contributed by atoms with E-state index in [1.807, 2.05) is 30.3 Å². The summed E-state index contributed by atoms with van der Waals surface area (Å²) in [6.07, 6.45) is 2.43. The van der Waals surface area contributed by atoms with Crippen LogP contribution in [0.3, 0.4) is 0 Å². The Morgan fingerprint density at radius 2 is 1.97 bits per heavy atom. The van der Waals surface area contributed by atoms with Crippen LogP contribution in [-0.2, 0) is 6.42 Å². The molecule has 1 aliphatic rings. The van der Waals surface area contributed by atoms with Crippen LogP contribution in [0, 0.1) is 5.92 Å². The van der Waals surface area contributed by atoms with Crippen LogP contribution in [-0.4, -0.2) is 28.3 Å². The molecule has 0 aliphatic heterocycles. The Morgan fingerprint density at radius 1 is 1.17 bits per heavy atom. The van der Waals surface area contributed by atoms with Gasteiger partial charge in [-0.15, -0.1) is 0 Å². The molecule has 156 valence electrons. The Labute approximate surface area is 178 Å². The van der Waals surface area contributed by atoms with E-state index >= 15 is 0 Å². The van der Waals surface area contributed by atoms with E-state index < -0.39 is 24.3 Å². The molecule has 2 aromatic heterocycles. The normalized spacial score (nSPS) is 19.2. The van der Waals surface area contributed by atoms with Crippen molar-refractivity contribution >= 4 is 28.4 Å². The van der Waals surface area contributed by atoms with Crippen molar-refractivity contribution in [2.45, 2.75) is 44.6 Å². The Hall–Kier alpha value is -2.60. The zero-order valence-electron chi connectivity index (χ0n) is 16.3. The fourth-order valence-electron chi connectivity index (χ4n) is 4.12. The molecule has 1 aliphatic carbocycles. The van der Waals surface area contributed by atoms with Gasteiger partial charge in [-0.3, -0.25) is 4.79 Å². The van der Waals surface area contributed by atoms with Crippen molar-refractivity contribution in [3.63, 3.8) is 0 Å². The summed E-state index contributed by atoms with van der Waals surface area (Å²) in [6, 6.07) is 12.4. The smallest absolute Gasteiger partial charge is 0.270 e. The summed E-state index contributed by atoms with van der Waals surface area (Å²) in [5, 5.41) is 4.17. The summed E-state index contributed by atoms with van der Waals surface area (Å²) in [5.74, 6) is -1.21. The minimum atomic E-state index is -2.44. The van der Waals surface area contributed by atoms with Gasteiger partial charge in [-0.25, -0.2) is 18.7 Å². The van der Waals surface area contributed by atoms with Crippen molar-refractivity contribution in [2.24, 2.45) is 5.92 Å². The molecule has 0 saturated heterocycles. The molecular weight excluding hydrogens is 408 g/mol. The van der Waals surface area contributed by atoms with Crippen molar-refractivity contribution in [1.29, 1.82) is 0 Å². The lowest BCUT2D eigenvalue weighted by Gasteiger charge is -2.31. The highest BCUT2D eigenvalue weighted by molar-refractivity contribution is 6.29. The standard InChI is InChI=1S/C23H22ClF2N3O/c24-21-10-9-14(13-27-21)11-15-12-20(28-18-7-3-1-5-16(15)18)23(30)29-19-8-4-2-6-17(19)22(25)26/h1,3,5,7,9-10,12-13,17,19,22H,2,4,6,8,11H2,(H,29,30)/t17-,19-/m1/s1. The average Bonchev–Trinajstić information content (AvgIpc) is 2.75. The number of rotatable bonds is 5. The third-order valence-corrected chi connectivity index (χ3v) is 5.90. The molecule has 0 unspecified atom stereocenters. The highest BCUT2D eigenvalue weighted by atomic mass is 35.5. The number of hydrogen-bond acceptors (Lipinski definition) is 3. The topological polar surface area (TPSA) is 54.9 Å². The lowest BCUT2D eigenvalue weighted by Crippen LogP contribution is -2.44. The second kappa shape index (κ2) is 9.04. The van der Waals surface area contributed by atoms with Gasteiger partial charge in [0.05, 0.1) is 5.52 Å². The zero-order chi connectivity index (χ0) is 21.1. The number of fused-ring (bicyclic) bond motifs is 1. The van der Waals surface area contributed by atoms with Crippen LogP contribution in [0.2, 0.25) is 5.15 Å². The number of aromatic nitrogens is 2. The van der Waals surface area contributed by atoms with Gasteiger partial charge in [0.2, 0.25) is 6.43 Å². The van der Waals surface area contributed by atoms with Gasteiger partial charge in [0.1, 0.15) is 10.8 Å². The van der Waals surface area contributed by atoms with E-state index in [0.29, 0.717) is 29.9 Å². The predicted molar refractivity (Wildman–Crippen MR) is 113 cm³/mol. The first kappa shape index (κ1) is 20.7. The molecule has 7 heteroatoms. The second-order valence-corrected chi connectivity index (χ2v) is 8.10. The predicted octanol–water partition coefficient (Wildman–Crippen LogP) is 5.43. The van der Waals surface area contributed by atoms with E-state index in [9.17, 15) is 13.6 Å². The zero-order valence-corrected chi connectivity index (χ0v) is 17.1. The van der Waals surface area contributed by atoms with Gasteiger partial charge >= 0.3 is 0 Å². The number of nitrogens with zero attached hydrogens (tertiary/aromatic N) is 2. The van der Waals surface area contributed by atoms with Gasteiger partial charge in [0, 0.05) is 23.5 Å². The maximum atomic E-state index is 13.4. The van der Waals surface area contributed by atoms with Crippen LogP contribution in [0.5, 0.6) is 0 Å². The van der Waals surface area contributed by atoms with E-state index in [1.165, 1.54) is 0 Å². The van der Waals surface area contributed by atoms with Crippen LogP contribution < -0.4 is 5.32 Å². The number of amides is 1. The molecule has 1 aromatic carbocycles. The highest BCUT2D eigenvalue weighted by Crippen LogP contribution is 2.30. The third-order valence-electron chi connectivity index (χ3n) is 5.68. The minimum absolute atomic E-state index is 0.240. The Kier molecular flexibility index (Phi) is 6.23. The number of alkyl halides is 2. The van der Waals surface area contributed by atoms with Gasteiger partial charge in [0.15, 0.2) is 0 Å². The number of para-hydroxylation sites is 1. The van der Waals surface area contributed by atoms with Crippen molar-refractivity contribution in [2.75, 3.05) is 0 Å². The van der Waals surface area contributed by atoms with Crippen LogP contribution >= 0.6 is 11.6 Å². The molecule has 4 rings (SSSR count). The molecule has 1 saturated carbocycles. The third kappa shape index (κ3) is 4.59. The van der Waals surface area contributed by atoms with E-state index in [1.54, 1.807) is 18.3 Å². The number of halogens is 3. The fourth-order valence-corrected chi connectivity index (χ4v) is 4.24. The molecule has 2 atom stereocenters. The summed E-state index contributed by atoms with van der Waals surface area (Å²) in [5.41, 5.74) is 2.80. The molecule has 0 radical (unpaired) electrons. The monoisotopic (exact) mass is 429 g/mol. The van der Waals surface area contributed by atoms with Gasteiger partial charge in [0.25, 0.3) is 5.91 Å². The van der Waals surface area contributed by atoms with Crippen molar-refractivity contribution in [1.82, 2.24) is 15.3 Å². The fraction of sp³-hybridized carbons (Fsp3) is 0.348. The summed E-state index contributed by atoms with van der Waals surface area (Å²) < 4.78 is 26.8. The van der Waals surface area contributed by atoms with Crippen molar-refractivity contribution in [3.8, 4) is 0 Å². The molecule has 3 aromatic rings. The van der Waals surface area contributed by atoms with Crippen LogP contribution in [0.25, 0.3) is 10.9 Å². The van der Waals surface area contributed by atoms with Crippen LogP contribution in [0.4, 0.5) is 8.78 Å². The van der Waals surface area contributed by atoms with Gasteiger partial charge < -0.3 is 5.32 Å². The quantitative estimate of drug-likeness (QED) is 0.550. The van der Waals surface area contributed by atoms with Gasteiger partial charge in [-0.1, -0.05) is 48.7 Å². The Morgan fingerprint density at radius 3 is 2.73 bits per heavy atom. The average molecular weight is 430 g/mol. The molecular formula is C23H22ClF2N3O. The second-order valence-electron chi connectivity index (χ2n) is 7.71. The first-order valence-corrected chi connectivity index (χ1v) is 10.5. The van der Waals surface area contributed by atoms with Gasteiger partial charge in [-0.2, -0.15) is 0 Å².